The number of rotatable bonds is 5. The summed E-state index contributed by atoms with van der Waals surface area (Å²) in [6, 6.07) is 3.53. The minimum atomic E-state index is -1.02. The fourth-order valence-corrected chi connectivity index (χ4v) is 1.81. The maximum absolute atomic E-state index is 12.2. The quantitative estimate of drug-likeness (QED) is 0.897. The molecule has 5 heteroatoms. The molecule has 0 aromatic carbocycles. The van der Waals surface area contributed by atoms with Crippen molar-refractivity contribution >= 4 is 11.9 Å². The van der Waals surface area contributed by atoms with Gasteiger partial charge in [-0.3, -0.25) is 14.6 Å². The van der Waals surface area contributed by atoms with Gasteiger partial charge in [-0.15, -0.1) is 0 Å². The van der Waals surface area contributed by atoms with Gasteiger partial charge in [-0.1, -0.05) is 33.8 Å². The van der Waals surface area contributed by atoms with Gasteiger partial charge < -0.3 is 10.0 Å². The summed E-state index contributed by atoms with van der Waals surface area (Å²) in [6.07, 6.45) is 2.39. The summed E-state index contributed by atoms with van der Waals surface area (Å²) in [6.45, 7) is 8.22. The predicted octanol–water partition coefficient (Wildman–Crippen LogP) is 2.32. The Morgan fingerprint density at radius 1 is 1.30 bits per heavy atom. The topological polar surface area (TPSA) is 70.5 Å². The van der Waals surface area contributed by atoms with Crippen molar-refractivity contribution in [3.63, 3.8) is 0 Å². The third-order valence-electron chi connectivity index (χ3n) is 2.96. The molecular weight excluding hydrogens is 256 g/mol. The Bertz CT molecular complexity index is 475. The van der Waals surface area contributed by atoms with Crippen LogP contribution in [0.15, 0.2) is 18.3 Å². The Morgan fingerprint density at radius 3 is 2.35 bits per heavy atom. The highest BCUT2D eigenvalue weighted by Gasteiger charge is 2.20. The van der Waals surface area contributed by atoms with Crippen LogP contribution in [0.2, 0.25) is 0 Å². The average Bonchev–Trinajstić information content (AvgIpc) is 2.36. The van der Waals surface area contributed by atoms with E-state index in [-0.39, 0.29) is 23.6 Å². The fraction of sp³-hybridized carbons (Fsp3) is 0.533. The van der Waals surface area contributed by atoms with Gasteiger partial charge in [0.05, 0.1) is 0 Å². The molecule has 1 aromatic rings. The van der Waals surface area contributed by atoms with E-state index in [1.165, 1.54) is 4.90 Å². The molecule has 0 unspecified atom stereocenters. The van der Waals surface area contributed by atoms with Crippen molar-refractivity contribution in [2.75, 3.05) is 13.1 Å². The van der Waals surface area contributed by atoms with E-state index in [0.717, 1.165) is 5.56 Å². The summed E-state index contributed by atoms with van der Waals surface area (Å²) in [4.78, 5) is 28.5. The standard InChI is InChI=1S/C15H22N2O3/c1-5-8-17(10-13(18)19)14(20)12-7-6-11(9-16-12)15(2,3)4/h6-7,9H,5,8,10H2,1-4H3,(H,18,19). The number of hydrogen-bond acceptors (Lipinski definition) is 3. The van der Waals surface area contributed by atoms with E-state index < -0.39 is 5.97 Å². The van der Waals surface area contributed by atoms with Crippen LogP contribution in [0.3, 0.4) is 0 Å². The zero-order valence-electron chi connectivity index (χ0n) is 12.5. The van der Waals surface area contributed by atoms with Crippen LogP contribution < -0.4 is 0 Å². The molecule has 0 bridgehead atoms. The fourth-order valence-electron chi connectivity index (χ4n) is 1.81. The zero-order chi connectivity index (χ0) is 15.3. The Hall–Kier alpha value is -1.91. The van der Waals surface area contributed by atoms with Crippen molar-refractivity contribution in [2.45, 2.75) is 39.5 Å². The van der Waals surface area contributed by atoms with Crippen LogP contribution in [0.25, 0.3) is 0 Å². The van der Waals surface area contributed by atoms with Crippen LogP contribution in [0.5, 0.6) is 0 Å². The second kappa shape index (κ2) is 6.50. The minimum absolute atomic E-state index is 0.0290. The molecule has 0 saturated carbocycles. The lowest BCUT2D eigenvalue weighted by molar-refractivity contribution is -0.137. The van der Waals surface area contributed by atoms with Crippen LogP contribution in [0, 0.1) is 0 Å². The van der Waals surface area contributed by atoms with Crippen molar-refractivity contribution in [3.8, 4) is 0 Å². The lowest BCUT2D eigenvalue weighted by Crippen LogP contribution is -2.36. The Balaban J connectivity index is 2.92. The SMILES string of the molecule is CCCN(CC(=O)O)C(=O)c1ccc(C(C)(C)C)cn1. The molecule has 1 rings (SSSR count). The molecule has 0 aliphatic heterocycles. The average molecular weight is 278 g/mol. The highest BCUT2D eigenvalue weighted by Crippen LogP contribution is 2.21. The third-order valence-corrected chi connectivity index (χ3v) is 2.96. The zero-order valence-corrected chi connectivity index (χ0v) is 12.5. The summed E-state index contributed by atoms with van der Waals surface area (Å²) < 4.78 is 0. The Morgan fingerprint density at radius 2 is 1.95 bits per heavy atom. The van der Waals surface area contributed by atoms with Crippen LogP contribution >= 0.6 is 0 Å². The van der Waals surface area contributed by atoms with Crippen molar-refractivity contribution in [2.24, 2.45) is 0 Å². The van der Waals surface area contributed by atoms with Crippen molar-refractivity contribution in [1.29, 1.82) is 0 Å². The van der Waals surface area contributed by atoms with Crippen molar-refractivity contribution in [1.82, 2.24) is 9.88 Å². The first kappa shape index (κ1) is 16.1. The number of amides is 1. The van der Waals surface area contributed by atoms with E-state index >= 15 is 0 Å². The summed E-state index contributed by atoms with van der Waals surface area (Å²) >= 11 is 0. The van der Waals surface area contributed by atoms with Gasteiger partial charge in [-0.25, -0.2) is 0 Å². The largest absolute Gasteiger partial charge is 0.480 e. The molecule has 0 aliphatic rings. The first-order valence-electron chi connectivity index (χ1n) is 6.73. The highest BCUT2D eigenvalue weighted by atomic mass is 16.4. The number of pyridine rings is 1. The number of hydrogen-bond donors (Lipinski definition) is 1. The molecule has 0 spiro atoms. The minimum Gasteiger partial charge on any atom is -0.480 e. The second-order valence-electron chi connectivity index (χ2n) is 5.80. The molecule has 1 N–H and O–H groups in total. The van der Waals surface area contributed by atoms with Crippen LogP contribution in [-0.2, 0) is 10.2 Å². The molecule has 0 fully saturated rings. The maximum atomic E-state index is 12.2. The molecule has 5 nitrogen and oxygen atoms in total. The van der Waals surface area contributed by atoms with Crippen LogP contribution in [0.4, 0.5) is 0 Å². The van der Waals surface area contributed by atoms with Crippen molar-refractivity contribution in [3.05, 3.63) is 29.6 Å². The van der Waals surface area contributed by atoms with E-state index in [2.05, 4.69) is 25.8 Å². The van der Waals surface area contributed by atoms with Gasteiger partial charge >= 0.3 is 5.97 Å². The van der Waals surface area contributed by atoms with Gasteiger partial charge in [-0.05, 0) is 23.5 Å². The lowest BCUT2D eigenvalue weighted by atomic mass is 9.88. The second-order valence-corrected chi connectivity index (χ2v) is 5.80. The monoisotopic (exact) mass is 278 g/mol. The Labute approximate surface area is 119 Å². The molecule has 0 saturated heterocycles. The number of carboxylic acid groups (broad SMARTS) is 1. The summed E-state index contributed by atoms with van der Waals surface area (Å²) in [5, 5.41) is 8.84. The lowest BCUT2D eigenvalue weighted by Gasteiger charge is -2.21. The number of nitrogens with zero attached hydrogens (tertiary/aromatic N) is 2. The molecule has 0 atom stereocenters. The predicted molar refractivity (Wildman–Crippen MR) is 76.8 cm³/mol. The van der Waals surface area contributed by atoms with E-state index in [1.54, 1.807) is 12.3 Å². The third kappa shape index (κ3) is 4.33. The molecule has 1 aromatic heterocycles. The van der Waals surface area contributed by atoms with Gasteiger partial charge in [0.1, 0.15) is 12.2 Å². The van der Waals surface area contributed by atoms with E-state index in [1.807, 2.05) is 13.0 Å². The molecule has 110 valence electrons. The van der Waals surface area contributed by atoms with Gasteiger partial charge in [0, 0.05) is 12.7 Å². The Kier molecular flexibility index (Phi) is 5.25. The van der Waals surface area contributed by atoms with Gasteiger partial charge in [0.2, 0.25) is 0 Å². The number of aromatic nitrogens is 1. The number of carbonyl (C=O) groups is 2. The summed E-state index contributed by atoms with van der Waals surface area (Å²) in [5.74, 6) is -1.35. The number of aliphatic carboxylic acids is 1. The highest BCUT2D eigenvalue weighted by molar-refractivity contribution is 5.94. The smallest absolute Gasteiger partial charge is 0.323 e. The molecule has 20 heavy (non-hydrogen) atoms. The number of carbonyl (C=O) groups excluding carboxylic acids is 1. The molecule has 1 heterocycles. The van der Waals surface area contributed by atoms with Gasteiger partial charge in [-0.2, -0.15) is 0 Å². The molecule has 0 aliphatic carbocycles. The molecular formula is C15H22N2O3. The molecule has 1 amide bonds. The molecule has 0 radical (unpaired) electrons. The van der Waals surface area contributed by atoms with E-state index in [9.17, 15) is 9.59 Å². The van der Waals surface area contributed by atoms with E-state index in [0.29, 0.717) is 13.0 Å². The van der Waals surface area contributed by atoms with Gasteiger partial charge in [0.15, 0.2) is 0 Å². The first-order valence-corrected chi connectivity index (χ1v) is 6.73. The summed E-state index contributed by atoms with van der Waals surface area (Å²) in [7, 11) is 0. The van der Waals surface area contributed by atoms with Crippen LogP contribution in [-0.4, -0.2) is 40.0 Å². The van der Waals surface area contributed by atoms with Crippen LogP contribution in [0.1, 0.15) is 50.2 Å². The first-order chi connectivity index (χ1) is 9.25. The summed E-state index contributed by atoms with van der Waals surface area (Å²) in [5.41, 5.74) is 1.29. The maximum Gasteiger partial charge on any atom is 0.323 e. The number of carboxylic acids is 1. The van der Waals surface area contributed by atoms with Gasteiger partial charge in [0.25, 0.3) is 5.91 Å². The normalized spacial score (nSPS) is 11.2. The van der Waals surface area contributed by atoms with E-state index in [4.69, 9.17) is 5.11 Å². The van der Waals surface area contributed by atoms with Crippen molar-refractivity contribution < 1.29 is 14.7 Å².